The second-order valence-electron chi connectivity index (χ2n) is 8.10. The van der Waals surface area contributed by atoms with Gasteiger partial charge in [0.05, 0.1) is 13.2 Å². The highest BCUT2D eigenvalue weighted by Gasteiger charge is 2.17. The van der Waals surface area contributed by atoms with Gasteiger partial charge < -0.3 is 15.4 Å². The molecule has 30 heavy (non-hydrogen) atoms. The van der Waals surface area contributed by atoms with Crippen LogP contribution in [0.1, 0.15) is 62.2 Å². The molecule has 1 aromatic rings. The molecule has 0 spiro atoms. The van der Waals surface area contributed by atoms with E-state index in [4.69, 9.17) is 4.74 Å². The fraction of sp³-hybridized carbons (Fsp3) is 0.727. The largest absolute Gasteiger partial charge is 0.379 e. The number of carbonyl (C=O) groups excluding carboxylic acids is 1. The summed E-state index contributed by atoms with van der Waals surface area (Å²) in [5.74, 6) is 1.30. The highest BCUT2D eigenvalue weighted by atomic mass is 16.5. The van der Waals surface area contributed by atoms with Crippen molar-refractivity contribution in [1.29, 1.82) is 0 Å². The number of morpholine rings is 1. The van der Waals surface area contributed by atoms with E-state index < -0.39 is 0 Å². The average molecular weight is 417 g/mol. The first-order valence-electron chi connectivity index (χ1n) is 11.5. The van der Waals surface area contributed by atoms with Crippen LogP contribution in [0.25, 0.3) is 0 Å². The Morgan fingerprint density at radius 1 is 1.27 bits per heavy atom. The Bertz CT molecular complexity index is 684. The maximum atomic E-state index is 12.8. The molecule has 3 rings (SSSR count). The fourth-order valence-corrected chi connectivity index (χ4v) is 3.80. The molecule has 1 saturated heterocycles. The lowest BCUT2D eigenvalue weighted by molar-refractivity contribution is 0.0383. The van der Waals surface area contributed by atoms with Crippen LogP contribution in [0.5, 0.6) is 0 Å². The minimum absolute atomic E-state index is 0.167. The van der Waals surface area contributed by atoms with Crippen LogP contribution in [-0.2, 0) is 4.74 Å². The van der Waals surface area contributed by atoms with Gasteiger partial charge in [0, 0.05) is 45.1 Å². The Kier molecular flexibility index (Phi) is 9.50. The number of rotatable bonds is 10. The van der Waals surface area contributed by atoms with Gasteiger partial charge in [-0.1, -0.05) is 32.6 Å². The normalized spacial score (nSPS) is 18.6. The van der Waals surface area contributed by atoms with Crippen molar-refractivity contribution in [2.45, 2.75) is 51.9 Å². The summed E-state index contributed by atoms with van der Waals surface area (Å²) in [6.07, 6.45) is 11.9. The van der Waals surface area contributed by atoms with Gasteiger partial charge in [0.2, 0.25) is 5.95 Å². The summed E-state index contributed by atoms with van der Waals surface area (Å²) in [4.78, 5) is 28.6. The molecule has 8 heteroatoms. The van der Waals surface area contributed by atoms with Crippen molar-refractivity contribution < 1.29 is 9.53 Å². The zero-order valence-corrected chi connectivity index (χ0v) is 18.2. The van der Waals surface area contributed by atoms with Gasteiger partial charge in [0.15, 0.2) is 5.82 Å². The fourth-order valence-electron chi connectivity index (χ4n) is 3.80. The van der Waals surface area contributed by atoms with E-state index in [1.165, 1.54) is 19.3 Å². The molecule has 1 aromatic heterocycles. The molecule has 0 unspecified atom stereocenters. The number of hydrogen-bond acceptors (Lipinski definition) is 7. The lowest BCUT2D eigenvalue weighted by Gasteiger charge is -2.26. The Hall–Kier alpha value is -2.06. The van der Waals surface area contributed by atoms with Crippen LogP contribution in [0.2, 0.25) is 0 Å². The van der Waals surface area contributed by atoms with Gasteiger partial charge in [0.1, 0.15) is 5.56 Å². The van der Waals surface area contributed by atoms with Crippen LogP contribution < -0.4 is 10.6 Å². The maximum absolute atomic E-state index is 12.8. The third-order valence-electron chi connectivity index (χ3n) is 5.70. The molecule has 0 radical (unpaired) electrons. The number of hydrogen-bond donors (Lipinski definition) is 2. The maximum Gasteiger partial charge on any atom is 0.256 e. The van der Waals surface area contributed by atoms with Crippen LogP contribution in [0.15, 0.2) is 11.2 Å². The number of amides is 1. The second kappa shape index (κ2) is 12.6. The minimum atomic E-state index is -0.167. The Morgan fingerprint density at radius 2 is 2.07 bits per heavy atom. The van der Waals surface area contributed by atoms with Gasteiger partial charge in [-0.2, -0.15) is 4.98 Å². The van der Waals surface area contributed by atoms with Gasteiger partial charge in [-0.05, 0) is 25.2 Å². The standard InChI is InChI=1S/C22H36N6O2/c1-2-3-9-24-22-26-17-19(20(27-22)25-16-18-7-5-4-6-8-18)21(29)23-10-11-28-12-14-30-15-13-28/h16-18H,2-15H2,1H3,(H,23,29)(H,24,26,27). The Balaban J connectivity index is 1.63. The van der Waals surface area contributed by atoms with Crippen LogP contribution >= 0.6 is 0 Å². The van der Waals surface area contributed by atoms with Crippen molar-refractivity contribution in [1.82, 2.24) is 20.2 Å². The molecule has 2 fully saturated rings. The molecule has 1 aliphatic carbocycles. The molecule has 8 nitrogen and oxygen atoms in total. The van der Waals surface area contributed by atoms with Crippen LogP contribution in [0.4, 0.5) is 11.8 Å². The molecular weight excluding hydrogens is 380 g/mol. The Labute approximate surface area is 179 Å². The van der Waals surface area contributed by atoms with Crippen molar-refractivity contribution in [2.75, 3.05) is 51.3 Å². The smallest absolute Gasteiger partial charge is 0.256 e. The summed E-state index contributed by atoms with van der Waals surface area (Å²) >= 11 is 0. The first-order chi connectivity index (χ1) is 14.8. The van der Waals surface area contributed by atoms with E-state index in [-0.39, 0.29) is 5.91 Å². The van der Waals surface area contributed by atoms with E-state index in [2.05, 4.69) is 37.4 Å². The zero-order chi connectivity index (χ0) is 21.0. The molecule has 2 aliphatic rings. The summed E-state index contributed by atoms with van der Waals surface area (Å²) in [5, 5.41) is 6.23. The minimum Gasteiger partial charge on any atom is -0.379 e. The van der Waals surface area contributed by atoms with E-state index in [0.717, 1.165) is 65.1 Å². The molecule has 2 N–H and O–H groups in total. The number of ether oxygens (including phenoxy) is 1. The number of anilines is 1. The number of nitrogens with one attached hydrogen (secondary N) is 2. The van der Waals surface area contributed by atoms with E-state index in [1.807, 2.05) is 6.21 Å². The van der Waals surface area contributed by atoms with Crippen LogP contribution in [-0.4, -0.2) is 72.9 Å². The molecule has 2 heterocycles. The van der Waals surface area contributed by atoms with Gasteiger partial charge >= 0.3 is 0 Å². The lowest BCUT2D eigenvalue weighted by atomic mass is 9.90. The number of aromatic nitrogens is 2. The van der Waals surface area contributed by atoms with Crippen molar-refractivity contribution >= 4 is 23.9 Å². The molecule has 1 amide bonds. The van der Waals surface area contributed by atoms with Gasteiger partial charge in [-0.25, -0.2) is 9.98 Å². The predicted octanol–water partition coefficient (Wildman–Crippen LogP) is 3.03. The number of carbonyl (C=O) groups is 1. The monoisotopic (exact) mass is 416 g/mol. The average Bonchev–Trinajstić information content (AvgIpc) is 2.79. The molecule has 0 atom stereocenters. The summed E-state index contributed by atoms with van der Waals surface area (Å²) in [6.45, 7) is 7.69. The number of unbranched alkanes of at least 4 members (excludes halogenated alkanes) is 1. The molecule has 0 aromatic carbocycles. The summed E-state index contributed by atoms with van der Waals surface area (Å²) in [7, 11) is 0. The number of aliphatic imine (C=N–C) groups is 1. The first-order valence-corrected chi connectivity index (χ1v) is 11.5. The highest BCUT2D eigenvalue weighted by Crippen LogP contribution is 2.24. The van der Waals surface area contributed by atoms with Crippen molar-refractivity contribution in [2.24, 2.45) is 10.9 Å². The zero-order valence-electron chi connectivity index (χ0n) is 18.2. The molecule has 1 saturated carbocycles. The third-order valence-corrected chi connectivity index (χ3v) is 5.70. The van der Waals surface area contributed by atoms with Crippen molar-refractivity contribution in [3.8, 4) is 0 Å². The lowest BCUT2D eigenvalue weighted by Crippen LogP contribution is -2.41. The van der Waals surface area contributed by atoms with Gasteiger partial charge in [-0.15, -0.1) is 0 Å². The first kappa shape index (κ1) is 22.6. The Morgan fingerprint density at radius 3 is 2.83 bits per heavy atom. The summed E-state index contributed by atoms with van der Waals surface area (Å²) in [6, 6.07) is 0. The van der Waals surface area contributed by atoms with Crippen molar-refractivity contribution in [3.05, 3.63) is 11.8 Å². The summed E-state index contributed by atoms with van der Waals surface area (Å²) in [5.41, 5.74) is 0.435. The van der Waals surface area contributed by atoms with Crippen LogP contribution in [0, 0.1) is 5.92 Å². The third kappa shape index (κ3) is 7.32. The summed E-state index contributed by atoms with van der Waals surface area (Å²) < 4.78 is 5.37. The highest BCUT2D eigenvalue weighted by molar-refractivity contribution is 5.98. The topological polar surface area (TPSA) is 91.7 Å². The van der Waals surface area contributed by atoms with E-state index >= 15 is 0 Å². The van der Waals surface area contributed by atoms with Gasteiger partial charge in [-0.3, -0.25) is 9.69 Å². The van der Waals surface area contributed by atoms with E-state index in [0.29, 0.717) is 29.8 Å². The quantitative estimate of drug-likeness (QED) is 0.450. The van der Waals surface area contributed by atoms with Crippen molar-refractivity contribution in [3.63, 3.8) is 0 Å². The number of nitrogens with zero attached hydrogens (tertiary/aromatic N) is 4. The predicted molar refractivity (Wildman–Crippen MR) is 120 cm³/mol. The van der Waals surface area contributed by atoms with Gasteiger partial charge in [0.25, 0.3) is 5.91 Å². The van der Waals surface area contributed by atoms with Crippen LogP contribution in [0.3, 0.4) is 0 Å². The second-order valence-corrected chi connectivity index (χ2v) is 8.10. The molecule has 0 bridgehead atoms. The molecule has 1 aliphatic heterocycles. The molecule has 166 valence electrons. The van der Waals surface area contributed by atoms with E-state index in [9.17, 15) is 4.79 Å². The molecular formula is C22H36N6O2. The van der Waals surface area contributed by atoms with E-state index in [1.54, 1.807) is 6.20 Å². The SMILES string of the molecule is CCCCNc1ncc(C(=O)NCCN2CCOCC2)c(N=CC2CCCCC2)n1.